The number of likely N-dealkylation sites (N-methyl/N-ethyl adjacent to an activating group) is 1. The summed E-state index contributed by atoms with van der Waals surface area (Å²) in [5.41, 5.74) is 1.29. The van der Waals surface area contributed by atoms with Crippen molar-refractivity contribution in [3.05, 3.63) is 35.9 Å². The molecule has 0 bridgehead atoms. The van der Waals surface area contributed by atoms with E-state index in [-0.39, 0.29) is 17.4 Å². The lowest BCUT2D eigenvalue weighted by atomic mass is 9.92. The molecule has 0 aliphatic heterocycles. The Morgan fingerprint density at radius 3 is 2.19 bits per heavy atom. The summed E-state index contributed by atoms with van der Waals surface area (Å²) in [5.74, 6) is 0.135. The van der Waals surface area contributed by atoms with Gasteiger partial charge >= 0.3 is 0 Å². The van der Waals surface area contributed by atoms with Crippen LogP contribution in [0.2, 0.25) is 0 Å². The molecule has 3 nitrogen and oxygen atoms in total. The molecule has 0 heterocycles. The van der Waals surface area contributed by atoms with Gasteiger partial charge in [0.15, 0.2) is 0 Å². The Labute approximate surface area is 129 Å². The smallest absolute Gasteiger partial charge is 0.220 e. The normalized spacial score (nSPS) is 13.2. The summed E-state index contributed by atoms with van der Waals surface area (Å²) in [6.45, 7) is 13.2. The van der Waals surface area contributed by atoms with Gasteiger partial charge in [-0.25, -0.2) is 0 Å². The molecule has 21 heavy (non-hydrogen) atoms. The highest BCUT2D eigenvalue weighted by Gasteiger charge is 2.20. The first-order valence-corrected chi connectivity index (χ1v) is 7.93. The van der Waals surface area contributed by atoms with Crippen LogP contribution in [-0.4, -0.2) is 30.4 Å². The van der Waals surface area contributed by atoms with Crippen LogP contribution < -0.4 is 5.32 Å². The number of hydrogen-bond acceptors (Lipinski definition) is 2. The van der Waals surface area contributed by atoms with E-state index >= 15 is 0 Å². The van der Waals surface area contributed by atoms with E-state index in [1.807, 2.05) is 6.07 Å². The van der Waals surface area contributed by atoms with Gasteiger partial charge in [-0.2, -0.15) is 0 Å². The second kappa shape index (κ2) is 8.18. The number of carbonyl (C=O) groups is 1. The van der Waals surface area contributed by atoms with Crippen LogP contribution >= 0.6 is 0 Å². The predicted octanol–water partition coefficient (Wildman–Crippen LogP) is 3.62. The van der Waals surface area contributed by atoms with Gasteiger partial charge in [0.25, 0.3) is 0 Å². The molecule has 0 saturated carbocycles. The van der Waals surface area contributed by atoms with Crippen LogP contribution in [0, 0.1) is 5.41 Å². The third kappa shape index (κ3) is 6.30. The van der Waals surface area contributed by atoms with Crippen molar-refractivity contribution in [3.63, 3.8) is 0 Å². The zero-order valence-corrected chi connectivity index (χ0v) is 14.1. The van der Waals surface area contributed by atoms with Gasteiger partial charge in [-0.15, -0.1) is 0 Å². The predicted molar refractivity (Wildman–Crippen MR) is 89.2 cm³/mol. The van der Waals surface area contributed by atoms with Gasteiger partial charge in [0, 0.05) is 13.0 Å². The van der Waals surface area contributed by atoms with Gasteiger partial charge in [-0.3, -0.25) is 9.69 Å². The monoisotopic (exact) mass is 290 g/mol. The lowest BCUT2D eigenvalue weighted by Crippen LogP contribution is -2.38. The molecule has 0 unspecified atom stereocenters. The summed E-state index contributed by atoms with van der Waals surface area (Å²) >= 11 is 0. The van der Waals surface area contributed by atoms with E-state index < -0.39 is 0 Å². The Kier molecular flexibility index (Phi) is 6.90. The number of rotatable bonds is 7. The Hall–Kier alpha value is -1.35. The lowest BCUT2D eigenvalue weighted by molar-refractivity contribution is -0.123. The molecular weight excluding hydrogens is 260 g/mol. The van der Waals surface area contributed by atoms with E-state index in [2.05, 4.69) is 69.1 Å². The maximum absolute atomic E-state index is 12.1. The average Bonchev–Trinajstić information content (AvgIpc) is 2.42. The van der Waals surface area contributed by atoms with Crippen LogP contribution in [0.15, 0.2) is 30.3 Å². The van der Waals surface area contributed by atoms with Crippen LogP contribution in [0.4, 0.5) is 0 Å². The quantitative estimate of drug-likeness (QED) is 0.832. The zero-order chi connectivity index (χ0) is 15.9. The maximum atomic E-state index is 12.1. The molecule has 0 fully saturated rings. The Bertz CT molecular complexity index is 419. The summed E-state index contributed by atoms with van der Waals surface area (Å²) < 4.78 is 0. The number of amides is 1. The minimum Gasteiger partial charge on any atom is -0.354 e. The molecule has 1 amide bonds. The molecule has 3 heteroatoms. The van der Waals surface area contributed by atoms with Gasteiger partial charge in [0.2, 0.25) is 5.91 Å². The fourth-order valence-electron chi connectivity index (χ4n) is 2.55. The average molecular weight is 290 g/mol. The standard InChI is InChI=1S/C18H30N2O/c1-6-20(7-2)16(15-11-9-8-10-12-15)14-19-17(21)13-18(3,4)5/h8-12,16H,6-7,13-14H2,1-5H3,(H,19,21)/t16-/m0/s1. The van der Waals surface area contributed by atoms with Crippen LogP contribution in [0.25, 0.3) is 0 Å². The van der Waals surface area contributed by atoms with E-state index in [0.717, 1.165) is 13.1 Å². The molecule has 118 valence electrons. The SMILES string of the molecule is CCN(CC)[C@@H](CNC(=O)CC(C)(C)C)c1ccccc1. The van der Waals surface area contributed by atoms with Crippen molar-refractivity contribution in [2.45, 2.75) is 47.1 Å². The summed E-state index contributed by atoms with van der Waals surface area (Å²) in [7, 11) is 0. The van der Waals surface area contributed by atoms with Crippen molar-refractivity contribution in [1.29, 1.82) is 0 Å². The number of benzene rings is 1. The molecule has 0 aliphatic rings. The number of nitrogens with one attached hydrogen (secondary N) is 1. The minimum atomic E-state index is 0.0293. The van der Waals surface area contributed by atoms with Crippen molar-refractivity contribution in [1.82, 2.24) is 10.2 Å². The Morgan fingerprint density at radius 1 is 1.14 bits per heavy atom. The molecule has 1 N–H and O–H groups in total. The number of nitrogens with zero attached hydrogens (tertiary/aromatic N) is 1. The van der Waals surface area contributed by atoms with E-state index in [9.17, 15) is 4.79 Å². The highest BCUT2D eigenvalue weighted by Crippen LogP contribution is 2.21. The first kappa shape index (κ1) is 17.7. The first-order valence-electron chi connectivity index (χ1n) is 7.93. The second-order valence-corrected chi connectivity index (χ2v) is 6.69. The molecule has 0 aromatic heterocycles. The molecule has 0 saturated heterocycles. The van der Waals surface area contributed by atoms with Crippen LogP contribution in [0.5, 0.6) is 0 Å². The highest BCUT2D eigenvalue weighted by molar-refractivity contribution is 5.76. The Morgan fingerprint density at radius 2 is 1.71 bits per heavy atom. The maximum Gasteiger partial charge on any atom is 0.220 e. The van der Waals surface area contributed by atoms with E-state index in [1.165, 1.54) is 5.56 Å². The molecule has 1 aromatic rings. The molecular formula is C18H30N2O. The Balaban J connectivity index is 2.73. The third-order valence-corrected chi connectivity index (χ3v) is 3.62. The zero-order valence-electron chi connectivity index (χ0n) is 14.1. The first-order chi connectivity index (χ1) is 9.87. The van der Waals surface area contributed by atoms with Crippen LogP contribution in [0.3, 0.4) is 0 Å². The van der Waals surface area contributed by atoms with Crippen LogP contribution in [-0.2, 0) is 4.79 Å². The molecule has 0 spiro atoms. The van der Waals surface area contributed by atoms with Gasteiger partial charge in [0.05, 0.1) is 6.04 Å². The fourth-order valence-corrected chi connectivity index (χ4v) is 2.55. The minimum absolute atomic E-state index is 0.0293. The van der Waals surface area contributed by atoms with Crippen molar-refractivity contribution in [2.75, 3.05) is 19.6 Å². The summed E-state index contributed by atoms with van der Waals surface area (Å²) in [5, 5.41) is 3.11. The molecule has 1 rings (SSSR count). The van der Waals surface area contributed by atoms with Gasteiger partial charge in [-0.05, 0) is 24.1 Å². The topological polar surface area (TPSA) is 32.3 Å². The van der Waals surface area contributed by atoms with E-state index in [4.69, 9.17) is 0 Å². The van der Waals surface area contributed by atoms with Crippen molar-refractivity contribution < 1.29 is 4.79 Å². The number of carbonyl (C=O) groups excluding carboxylic acids is 1. The third-order valence-electron chi connectivity index (χ3n) is 3.62. The van der Waals surface area contributed by atoms with Crippen molar-refractivity contribution in [3.8, 4) is 0 Å². The molecule has 0 aliphatic carbocycles. The van der Waals surface area contributed by atoms with Gasteiger partial charge in [0.1, 0.15) is 0 Å². The van der Waals surface area contributed by atoms with Gasteiger partial charge < -0.3 is 5.32 Å². The summed E-state index contributed by atoms with van der Waals surface area (Å²) in [6, 6.07) is 10.7. The lowest BCUT2D eigenvalue weighted by Gasteiger charge is -2.30. The molecule has 1 aromatic carbocycles. The van der Waals surface area contributed by atoms with Crippen molar-refractivity contribution >= 4 is 5.91 Å². The highest BCUT2D eigenvalue weighted by atomic mass is 16.1. The largest absolute Gasteiger partial charge is 0.354 e. The van der Waals surface area contributed by atoms with Crippen molar-refractivity contribution in [2.24, 2.45) is 5.41 Å². The fraction of sp³-hybridized carbons (Fsp3) is 0.611. The molecule has 1 atom stereocenters. The summed E-state index contributed by atoms with van der Waals surface area (Å²) in [6.07, 6.45) is 0.562. The van der Waals surface area contributed by atoms with E-state index in [1.54, 1.807) is 0 Å². The second-order valence-electron chi connectivity index (χ2n) is 6.69. The number of hydrogen-bond donors (Lipinski definition) is 1. The molecule has 0 radical (unpaired) electrons. The summed E-state index contributed by atoms with van der Waals surface area (Å²) in [4.78, 5) is 14.4. The van der Waals surface area contributed by atoms with Crippen LogP contribution in [0.1, 0.15) is 52.6 Å². The van der Waals surface area contributed by atoms with Gasteiger partial charge in [-0.1, -0.05) is 65.0 Å². The van der Waals surface area contributed by atoms with E-state index in [0.29, 0.717) is 13.0 Å².